The number of carbonyl (C=O) groups is 8. The molecule has 0 aromatic heterocycles. The van der Waals surface area contributed by atoms with Crippen LogP contribution in [0.1, 0.15) is 149 Å². The van der Waals surface area contributed by atoms with E-state index in [-0.39, 0.29) is 72.8 Å². The largest absolute Gasteiger partial charge is 0.347 e. The smallest absolute Gasteiger partial charge is 0.252 e. The zero-order chi connectivity index (χ0) is 56.1. The van der Waals surface area contributed by atoms with Gasteiger partial charge in [0, 0.05) is 35.2 Å². The Morgan fingerprint density at radius 1 is 0.571 bits per heavy atom. The van der Waals surface area contributed by atoms with Crippen LogP contribution in [0.5, 0.6) is 0 Å². The molecule has 3 aromatic rings. The number of likely N-dealkylation sites (tertiary alicyclic amines) is 2. The van der Waals surface area contributed by atoms with Crippen LogP contribution in [0.3, 0.4) is 0 Å². The second-order valence-corrected chi connectivity index (χ2v) is 24.3. The molecule has 19 heteroatoms. The molecule has 2 saturated heterocycles. The Balaban J connectivity index is 1.10. The van der Waals surface area contributed by atoms with Gasteiger partial charge in [0.15, 0.2) is 0 Å². The first kappa shape index (κ1) is 58.5. The molecule has 0 spiro atoms. The van der Waals surface area contributed by atoms with E-state index in [0.717, 1.165) is 60.8 Å². The van der Waals surface area contributed by atoms with Gasteiger partial charge in [-0.05, 0) is 147 Å². The third-order valence-electron chi connectivity index (χ3n) is 15.7. The normalized spacial score (nSPS) is 22.7. The van der Waals surface area contributed by atoms with E-state index in [1.807, 2.05) is 77.9 Å². The van der Waals surface area contributed by atoms with E-state index in [4.69, 9.17) is 0 Å². The monoisotopic (exact) mass is 1120 g/mol. The lowest BCUT2D eigenvalue weighted by Crippen LogP contribution is -2.59. The number of rotatable bonds is 16. The summed E-state index contributed by atoms with van der Waals surface area (Å²) in [5.41, 5.74) is 3.13. The number of hydrogen-bond acceptors (Lipinski definition) is 10. The fraction of sp³-hybridized carbons (Fsp3) is 0.552. The second-order valence-electron chi connectivity index (χ2n) is 23.5. The van der Waals surface area contributed by atoms with Crippen LogP contribution in [0.2, 0.25) is 0 Å². The Labute approximate surface area is 461 Å². The summed E-state index contributed by atoms with van der Waals surface area (Å²) in [6.45, 7) is 14.4. The molecule has 7 rings (SSSR count). The lowest BCUT2D eigenvalue weighted by molar-refractivity contribution is -0.144. The molecule has 2 aliphatic carbocycles. The number of likely N-dealkylation sites (N-methyl/N-ethyl adjacent to an activating group) is 2. The standard InChI is InChI=1S/C58H79BrN10O8/c1-32(60-9)49(70)66-47(57(3,4)5)55(76)68-30-37(28-45(68)53(74)64-43-23-15-19-34-17-11-13-21-39(34)43)62-51(72)36-25-26-42(59)41(27-36)52(73)63-38-29-46(54(75)65-44-24-16-20-35-18-12-14-22-40(35)44)69(31-38)56(77)48(58(6,7)8)67-50(71)33(2)61-10/h11-14,17-18,21-22,25-27,32-33,37-38,43-48,60-61H,15-16,19-20,23-24,28-31H2,1-10H3,(H,62,72)(H,63,73)(H,64,74)(H,65,75)(H,66,70)(H,67,71). The van der Waals surface area contributed by atoms with Crippen molar-refractivity contribution >= 4 is 63.2 Å². The minimum absolute atomic E-state index is 0.0228. The maximum absolute atomic E-state index is 14.7. The average Bonchev–Trinajstić information content (AvgIpc) is 4.03. The molecule has 8 amide bonds. The van der Waals surface area contributed by atoms with Gasteiger partial charge in [-0.15, -0.1) is 0 Å². The van der Waals surface area contributed by atoms with Crippen LogP contribution in [0.4, 0.5) is 0 Å². The van der Waals surface area contributed by atoms with Crippen LogP contribution in [-0.4, -0.2) is 133 Å². The van der Waals surface area contributed by atoms with Crippen LogP contribution in [0.25, 0.3) is 0 Å². The lowest BCUT2D eigenvalue weighted by atomic mass is 9.85. The number of hydrogen-bond donors (Lipinski definition) is 8. The van der Waals surface area contributed by atoms with E-state index in [0.29, 0.717) is 4.47 Å². The van der Waals surface area contributed by atoms with Gasteiger partial charge in [0.25, 0.3) is 11.8 Å². The molecule has 0 bridgehead atoms. The van der Waals surface area contributed by atoms with Crippen molar-refractivity contribution in [3.05, 3.63) is 105 Å². The van der Waals surface area contributed by atoms with Gasteiger partial charge < -0.3 is 52.3 Å². The van der Waals surface area contributed by atoms with Gasteiger partial charge in [0.1, 0.15) is 24.2 Å². The van der Waals surface area contributed by atoms with Crippen molar-refractivity contribution in [2.24, 2.45) is 10.8 Å². The van der Waals surface area contributed by atoms with Crippen molar-refractivity contribution in [2.45, 2.75) is 167 Å². The molecular formula is C58H79BrN10O8. The van der Waals surface area contributed by atoms with Crippen molar-refractivity contribution in [2.75, 3.05) is 27.2 Å². The van der Waals surface area contributed by atoms with E-state index < -0.39 is 82.8 Å². The average molecular weight is 1120 g/mol. The molecule has 77 heavy (non-hydrogen) atoms. The van der Waals surface area contributed by atoms with Gasteiger partial charge in [-0.2, -0.15) is 0 Å². The Kier molecular flexibility index (Phi) is 18.7. The first-order valence-electron chi connectivity index (χ1n) is 27.1. The third kappa shape index (κ3) is 13.8. The zero-order valence-corrected chi connectivity index (χ0v) is 47.8. The van der Waals surface area contributed by atoms with Crippen molar-refractivity contribution in [1.29, 1.82) is 0 Å². The van der Waals surface area contributed by atoms with Gasteiger partial charge in [-0.25, -0.2) is 0 Å². The maximum Gasteiger partial charge on any atom is 0.252 e. The van der Waals surface area contributed by atoms with Crippen LogP contribution < -0.4 is 42.5 Å². The van der Waals surface area contributed by atoms with Crippen LogP contribution in [-0.2, 0) is 41.6 Å². The zero-order valence-electron chi connectivity index (χ0n) is 46.2. The van der Waals surface area contributed by atoms with E-state index in [1.165, 1.54) is 15.9 Å². The molecule has 3 aromatic carbocycles. The van der Waals surface area contributed by atoms with Crippen molar-refractivity contribution < 1.29 is 38.4 Å². The summed E-state index contributed by atoms with van der Waals surface area (Å²) < 4.78 is 0.387. The van der Waals surface area contributed by atoms with Crippen molar-refractivity contribution in [1.82, 2.24) is 52.3 Å². The predicted molar refractivity (Wildman–Crippen MR) is 297 cm³/mol. The van der Waals surface area contributed by atoms with Gasteiger partial charge >= 0.3 is 0 Å². The van der Waals surface area contributed by atoms with Crippen molar-refractivity contribution in [3.8, 4) is 0 Å². The Bertz CT molecular complexity index is 2720. The van der Waals surface area contributed by atoms with E-state index in [2.05, 4.69) is 70.6 Å². The maximum atomic E-state index is 14.7. The summed E-state index contributed by atoms with van der Waals surface area (Å²) in [5.74, 6) is -3.50. The minimum atomic E-state index is -1.01. The number of fused-ring (bicyclic) bond motifs is 2. The van der Waals surface area contributed by atoms with Crippen LogP contribution >= 0.6 is 15.9 Å². The summed E-state index contributed by atoms with van der Waals surface area (Å²) in [7, 11) is 3.30. The molecule has 18 nitrogen and oxygen atoms in total. The molecular weight excluding hydrogens is 1040 g/mol. The molecule has 10 unspecified atom stereocenters. The highest BCUT2D eigenvalue weighted by atomic mass is 79.9. The number of aryl methyl sites for hydroxylation is 2. The highest BCUT2D eigenvalue weighted by molar-refractivity contribution is 9.10. The summed E-state index contributed by atoms with van der Waals surface area (Å²) in [5, 5.41) is 24.2. The topological polar surface area (TPSA) is 239 Å². The fourth-order valence-corrected chi connectivity index (χ4v) is 11.4. The Hall–Kier alpha value is -6.18. The van der Waals surface area contributed by atoms with Gasteiger partial charge in [0.05, 0.1) is 29.7 Å². The molecule has 0 radical (unpaired) electrons. The van der Waals surface area contributed by atoms with Crippen LogP contribution in [0.15, 0.2) is 71.2 Å². The Morgan fingerprint density at radius 2 is 0.987 bits per heavy atom. The molecule has 2 heterocycles. The number of halogens is 1. The number of carbonyl (C=O) groups excluding carboxylic acids is 8. The van der Waals surface area contributed by atoms with Gasteiger partial charge in [-0.1, -0.05) is 90.1 Å². The second kappa shape index (κ2) is 24.7. The summed E-state index contributed by atoms with van der Waals surface area (Å²) in [4.78, 5) is 117. The van der Waals surface area contributed by atoms with E-state index in [1.54, 1.807) is 40.1 Å². The number of amides is 8. The fourth-order valence-electron chi connectivity index (χ4n) is 11.0. The number of nitrogens with zero attached hydrogens (tertiary/aromatic N) is 2. The first-order valence-corrected chi connectivity index (χ1v) is 27.9. The molecule has 2 fully saturated rings. The van der Waals surface area contributed by atoms with Crippen LogP contribution in [0, 0.1) is 10.8 Å². The van der Waals surface area contributed by atoms with E-state index in [9.17, 15) is 38.4 Å². The lowest BCUT2D eigenvalue weighted by Gasteiger charge is -2.36. The molecule has 4 aliphatic rings. The van der Waals surface area contributed by atoms with Gasteiger partial charge in [-0.3, -0.25) is 38.4 Å². The highest BCUT2D eigenvalue weighted by Crippen LogP contribution is 2.34. The molecule has 2 aliphatic heterocycles. The minimum Gasteiger partial charge on any atom is -0.347 e. The molecule has 10 atom stereocenters. The quantitative estimate of drug-likeness (QED) is 0.0999. The molecule has 0 saturated carbocycles. The first-order chi connectivity index (χ1) is 36.4. The SMILES string of the molecule is CNC(C)C(=O)NC(C(=O)N1CC(NC(=O)c2ccc(Br)c(C(=O)NC3CC(C(=O)NC4CCCc5ccccc54)N(C(=O)C(NC(=O)C(C)NC)C(C)(C)C)C3)c2)CC1C(=O)NC1CCCc2ccccc21)C(C)(C)C. The molecule has 416 valence electrons. The van der Waals surface area contributed by atoms with Gasteiger partial charge in [0.2, 0.25) is 35.4 Å². The van der Waals surface area contributed by atoms with Crippen molar-refractivity contribution in [3.63, 3.8) is 0 Å². The third-order valence-corrected chi connectivity index (χ3v) is 16.4. The van der Waals surface area contributed by atoms with E-state index >= 15 is 0 Å². The highest BCUT2D eigenvalue weighted by Gasteiger charge is 2.48. The number of nitrogens with one attached hydrogen (secondary N) is 8. The predicted octanol–water partition coefficient (Wildman–Crippen LogP) is 4.51. The summed E-state index contributed by atoms with van der Waals surface area (Å²) >= 11 is 3.51. The Morgan fingerprint density at radius 3 is 1.40 bits per heavy atom. The summed E-state index contributed by atoms with van der Waals surface area (Å²) in [6, 6.07) is 13.5. The molecule has 8 N–H and O–H groups in total. The summed E-state index contributed by atoms with van der Waals surface area (Å²) in [6.07, 6.45) is 5.18. The number of benzene rings is 3.